The number of aromatic nitrogens is 1. The van der Waals surface area contributed by atoms with Gasteiger partial charge in [-0.05, 0) is 25.3 Å². The van der Waals surface area contributed by atoms with Gasteiger partial charge in [-0.15, -0.1) is 22.7 Å². The third kappa shape index (κ3) is 3.36. The SMILES string of the molecule is CC(C)N(Cc1cccs1)c1nc(C(N)C(=O)O)cs1. The Morgan fingerprint density at radius 3 is 2.80 bits per heavy atom. The Balaban J connectivity index is 2.20. The first kappa shape index (κ1) is 15.0. The second kappa shape index (κ2) is 6.34. The highest BCUT2D eigenvalue weighted by Crippen LogP contribution is 2.27. The molecule has 0 aliphatic carbocycles. The molecule has 0 aromatic carbocycles. The van der Waals surface area contributed by atoms with Crippen molar-refractivity contribution in [3.63, 3.8) is 0 Å². The number of carboxylic acids is 1. The van der Waals surface area contributed by atoms with Crippen LogP contribution in [0.1, 0.15) is 30.5 Å². The van der Waals surface area contributed by atoms with Gasteiger partial charge >= 0.3 is 5.97 Å². The van der Waals surface area contributed by atoms with Gasteiger partial charge in [0.05, 0.1) is 12.2 Å². The quantitative estimate of drug-likeness (QED) is 0.857. The van der Waals surface area contributed by atoms with Gasteiger partial charge in [0, 0.05) is 16.3 Å². The number of carboxylic acid groups (broad SMARTS) is 1. The highest BCUT2D eigenvalue weighted by atomic mass is 32.1. The minimum absolute atomic E-state index is 0.275. The maximum Gasteiger partial charge on any atom is 0.326 e. The van der Waals surface area contributed by atoms with Crippen LogP contribution in [0.5, 0.6) is 0 Å². The number of rotatable bonds is 6. The van der Waals surface area contributed by atoms with Crippen molar-refractivity contribution >= 4 is 33.8 Å². The van der Waals surface area contributed by atoms with Gasteiger partial charge < -0.3 is 15.7 Å². The molecule has 0 radical (unpaired) electrons. The summed E-state index contributed by atoms with van der Waals surface area (Å²) in [5, 5.41) is 13.5. The number of aliphatic carboxylic acids is 1. The van der Waals surface area contributed by atoms with E-state index in [9.17, 15) is 4.79 Å². The molecule has 0 bridgehead atoms. The first-order valence-corrected chi connectivity index (χ1v) is 7.97. The van der Waals surface area contributed by atoms with E-state index in [1.54, 1.807) is 16.7 Å². The number of nitrogens with two attached hydrogens (primary N) is 1. The summed E-state index contributed by atoms with van der Waals surface area (Å²) in [7, 11) is 0. The lowest BCUT2D eigenvalue weighted by Crippen LogP contribution is -2.30. The van der Waals surface area contributed by atoms with Crippen LogP contribution in [0.25, 0.3) is 0 Å². The summed E-state index contributed by atoms with van der Waals surface area (Å²) in [5.74, 6) is -1.06. The lowest BCUT2D eigenvalue weighted by molar-refractivity contribution is -0.138. The molecule has 2 aromatic rings. The van der Waals surface area contributed by atoms with E-state index in [1.807, 2.05) is 11.4 Å². The molecule has 0 aliphatic rings. The van der Waals surface area contributed by atoms with Crippen LogP contribution >= 0.6 is 22.7 Å². The number of hydrogen-bond acceptors (Lipinski definition) is 6. The lowest BCUT2D eigenvalue weighted by atomic mass is 10.2. The van der Waals surface area contributed by atoms with Gasteiger partial charge in [-0.25, -0.2) is 4.98 Å². The van der Waals surface area contributed by atoms with E-state index < -0.39 is 12.0 Å². The van der Waals surface area contributed by atoms with Crippen LogP contribution in [-0.2, 0) is 11.3 Å². The number of nitrogens with zero attached hydrogens (tertiary/aromatic N) is 2. The highest BCUT2D eigenvalue weighted by Gasteiger charge is 2.21. The fourth-order valence-corrected chi connectivity index (χ4v) is 3.42. The van der Waals surface area contributed by atoms with Gasteiger partial charge in [0.25, 0.3) is 0 Å². The first-order valence-electron chi connectivity index (χ1n) is 6.22. The van der Waals surface area contributed by atoms with Crippen LogP contribution in [0.4, 0.5) is 5.13 Å². The standard InChI is InChI=1S/C13H17N3O2S2/c1-8(2)16(6-9-4-3-5-19-9)13-15-10(7-20-13)11(14)12(17)18/h3-5,7-8,11H,6,14H2,1-2H3,(H,17,18). The molecule has 1 unspecified atom stereocenters. The van der Waals surface area contributed by atoms with Gasteiger partial charge in [-0.1, -0.05) is 6.07 Å². The normalized spacial score (nSPS) is 12.6. The van der Waals surface area contributed by atoms with E-state index >= 15 is 0 Å². The van der Waals surface area contributed by atoms with Crippen LogP contribution in [0.3, 0.4) is 0 Å². The molecular weight excluding hydrogens is 294 g/mol. The van der Waals surface area contributed by atoms with Gasteiger partial charge in [-0.3, -0.25) is 4.79 Å². The third-order valence-electron chi connectivity index (χ3n) is 2.87. The zero-order chi connectivity index (χ0) is 14.7. The molecular formula is C13H17N3O2S2. The molecule has 2 rings (SSSR count). The van der Waals surface area contributed by atoms with E-state index in [0.717, 1.165) is 11.7 Å². The second-order valence-corrected chi connectivity index (χ2v) is 6.54. The van der Waals surface area contributed by atoms with E-state index in [1.165, 1.54) is 16.2 Å². The maximum atomic E-state index is 10.9. The summed E-state index contributed by atoms with van der Waals surface area (Å²) in [6.07, 6.45) is 0. The Labute approximate surface area is 125 Å². The molecule has 0 saturated heterocycles. The molecule has 5 nitrogen and oxygen atoms in total. The molecule has 0 saturated carbocycles. The van der Waals surface area contributed by atoms with Crippen LogP contribution in [0, 0.1) is 0 Å². The predicted octanol–water partition coefficient (Wildman–Crippen LogP) is 2.70. The highest BCUT2D eigenvalue weighted by molar-refractivity contribution is 7.13. The number of thiazole rings is 1. The predicted molar refractivity (Wildman–Crippen MR) is 82.3 cm³/mol. The van der Waals surface area contributed by atoms with Gasteiger partial charge in [0.1, 0.15) is 6.04 Å². The van der Waals surface area contributed by atoms with Crippen molar-refractivity contribution in [2.75, 3.05) is 4.90 Å². The van der Waals surface area contributed by atoms with Gasteiger partial charge in [0.2, 0.25) is 0 Å². The average Bonchev–Trinajstić information content (AvgIpc) is 3.05. The Morgan fingerprint density at radius 1 is 1.50 bits per heavy atom. The average molecular weight is 311 g/mol. The van der Waals surface area contributed by atoms with E-state index in [0.29, 0.717) is 5.69 Å². The molecule has 2 aromatic heterocycles. The number of hydrogen-bond donors (Lipinski definition) is 2. The number of carbonyl (C=O) groups is 1. The van der Waals surface area contributed by atoms with Crippen LogP contribution < -0.4 is 10.6 Å². The van der Waals surface area contributed by atoms with Gasteiger partial charge in [-0.2, -0.15) is 0 Å². The minimum atomic E-state index is -1.06. The molecule has 20 heavy (non-hydrogen) atoms. The van der Waals surface area contributed by atoms with E-state index in [-0.39, 0.29) is 6.04 Å². The maximum absolute atomic E-state index is 10.9. The topological polar surface area (TPSA) is 79.5 Å². The Bertz CT molecular complexity index is 566. The Hall–Kier alpha value is -1.44. The Kier molecular flexibility index (Phi) is 4.74. The molecule has 0 fully saturated rings. The minimum Gasteiger partial charge on any atom is -0.480 e. The smallest absolute Gasteiger partial charge is 0.326 e. The summed E-state index contributed by atoms with van der Waals surface area (Å²) in [6.45, 7) is 4.95. The van der Waals surface area contributed by atoms with E-state index in [4.69, 9.17) is 10.8 Å². The zero-order valence-electron chi connectivity index (χ0n) is 11.3. The summed E-state index contributed by atoms with van der Waals surface area (Å²) >= 11 is 3.13. The number of thiophene rings is 1. The Morgan fingerprint density at radius 2 is 2.25 bits per heavy atom. The van der Waals surface area contributed by atoms with Crippen LogP contribution in [0.2, 0.25) is 0 Å². The second-order valence-electron chi connectivity index (χ2n) is 4.67. The lowest BCUT2D eigenvalue weighted by Gasteiger charge is -2.25. The summed E-state index contributed by atoms with van der Waals surface area (Å²) in [4.78, 5) is 18.7. The fraction of sp³-hybridized carbons (Fsp3) is 0.385. The zero-order valence-corrected chi connectivity index (χ0v) is 12.9. The van der Waals surface area contributed by atoms with Crippen molar-refractivity contribution in [2.24, 2.45) is 5.73 Å². The summed E-state index contributed by atoms with van der Waals surface area (Å²) < 4.78 is 0. The number of anilines is 1. The van der Waals surface area contributed by atoms with Crippen molar-refractivity contribution in [1.29, 1.82) is 0 Å². The molecule has 3 N–H and O–H groups in total. The van der Waals surface area contributed by atoms with Crippen molar-refractivity contribution in [3.8, 4) is 0 Å². The van der Waals surface area contributed by atoms with Crippen molar-refractivity contribution in [2.45, 2.75) is 32.5 Å². The van der Waals surface area contributed by atoms with Crippen molar-refractivity contribution in [1.82, 2.24) is 4.98 Å². The molecule has 7 heteroatoms. The molecule has 2 heterocycles. The van der Waals surface area contributed by atoms with Crippen molar-refractivity contribution < 1.29 is 9.90 Å². The largest absolute Gasteiger partial charge is 0.480 e. The van der Waals surface area contributed by atoms with E-state index in [2.05, 4.69) is 29.8 Å². The molecule has 1 atom stereocenters. The summed E-state index contributed by atoms with van der Waals surface area (Å²) in [6, 6.07) is 3.32. The molecule has 0 aliphatic heterocycles. The fourth-order valence-electron chi connectivity index (χ4n) is 1.72. The molecule has 108 valence electrons. The third-order valence-corrected chi connectivity index (χ3v) is 4.63. The molecule has 0 amide bonds. The summed E-state index contributed by atoms with van der Waals surface area (Å²) in [5.41, 5.74) is 6.00. The molecule has 0 spiro atoms. The van der Waals surface area contributed by atoms with Gasteiger partial charge in [0.15, 0.2) is 5.13 Å². The van der Waals surface area contributed by atoms with Crippen LogP contribution in [-0.4, -0.2) is 22.1 Å². The van der Waals surface area contributed by atoms with Crippen LogP contribution in [0.15, 0.2) is 22.9 Å². The monoisotopic (exact) mass is 311 g/mol. The van der Waals surface area contributed by atoms with Crippen molar-refractivity contribution in [3.05, 3.63) is 33.5 Å². The first-order chi connectivity index (χ1) is 9.49.